The Balaban J connectivity index is 1.53. The van der Waals surface area contributed by atoms with Gasteiger partial charge in [0.05, 0.1) is 17.7 Å². The maximum absolute atomic E-state index is 13.5. The van der Waals surface area contributed by atoms with Crippen LogP contribution in [0.25, 0.3) is 11.0 Å². The molecule has 1 aromatic heterocycles. The Labute approximate surface area is 247 Å². The van der Waals surface area contributed by atoms with Crippen molar-refractivity contribution in [2.75, 3.05) is 6.54 Å². The van der Waals surface area contributed by atoms with Crippen LogP contribution in [-0.2, 0) is 15.8 Å². The third-order valence-electron chi connectivity index (χ3n) is 7.36. The number of hydrogen-bond acceptors (Lipinski definition) is 5. The van der Waals surface area contributed by atoms with Crippen LogP contribution in [0.2, 0.25) is 19.1 Å². The first kappa shape index (κ1) is 30.5. The third-order valence-corrected chi connectivity index (χ3v) is 11.2. The molecule has 40 heavy (non-hydrogen) atoms. The van der Waals surface area contributed by atoms with Crippen LogP contribution in [0.3, 0.4) is 0 Å². The van der Waals surface area contributed by atoms with E-state index in [1.807, 2.05) is 49.4 Å². The molecule has 0 saturated carbocycles. The van der Waals surface area contributed by atoms with Crippen LogP contribution in [0.5, 0.6) is 0 Å². The van der Waals surface area contributed by atoms with Crippen LogP contribution < -0.4 is 0 Å². The molecular weight excluding hydrogens is 586 g/mol. The molecule has 1 aliphatic rings. The van der Waals surface area contributed by atoms with E-state index in [1.165, 1.54) is 0 Å². The molecule has 1 saturated heterocycles. The highest BCUT2D eigenvalue weighted by Crippen LogP contribution is 2.34. The van der Waals surface area contributed by atoms with Crippen molar-refractivity contribution in [2.45, 2.75) is 91.3 Å². The summed E-state index contributed by atoms with van der Waals surface area (Å²) in [5.41, 5.74) is 3.71. The molecule has 2 aromatic carbocycles. The molecule has 1 fully saturated rings. The van der Waals surface area contributed by atoms with E-state index in [2.05, 4.69) is 54.8 Å². The third kappa shape index (κ3) is 7.62. The van der Waals surface area contributed by atoms with Crippen LogP contribution in [0.1, 0.15) is 62.4 Å². The zero-order chi connectivity index (χ0) is 29.1. The van der Waals surface area contributed by atoms with Gasteiger partial charge in [0.25, 0.3) is 0 Å². The molecule has 0 bridgehead atoms. The number of benzene rings is 2. The molecule has 0 aliphatic carbocycles. The Morgan fingerprint density at radius 1 is 1.12 bits per heavy atom. The summed E-state index contributed by atoms with van der Waals surface area (Å²) in [6, 6.07) is 14.4. The number of aromatic nitrogens is 2. The van der Waals surface area contributed by atoms with Gasteiger partial charge in [-0.1, -0.05) is 57.2 Å². The van der Waals surface area contributed by atoms with Gasteiger partial charge in [0.1, 0.15) is 18.5 Å². The fourth-order valence-electron chi connectivity index (χ4n) is 6.00. The average Bonchev–Trinajstić information content (AvgIpc) is 3.32. The van der Waals surface area contributed by atoms with E-state index in [-0.39, 0.29) is 42.6 Å². The van der Waals surface area contributed by atoms with Crippen molar-refractivity contribution >= 4 is 47.3 Å². The first-order valence-electron chi connectivity index (χ1n) is 14.2. The molecule has 0 radical (unpaired) electrons. The van der Waals surface area contributed by atoms with E-state index < -0.39 is 8.32 Å². The van der Waals surface area contributed by atoms with Crippen molar-refractivity contribution in [3.8, 4) is 0 Å². The highest BCUT2D eigenvalue weighted by atomic mass is 79.9. The average molecular weight is 629 g/mol. The second kappa shape index (κ2) is 12.6. The molecule has 1 aliphatic heterocycles. The predicted octanol–water partition coefficient (Wildman–Crippen LogP) is 7.97. The molecule has 216 valence electrons. The number of halogens is 1. The number of imidazole rings is 1. The molecule has 1 amide bonds. The van der Waals surface area contributed by atoms with Gasteiger partial charge >= 0.3 is 6.09 Å². The van der Waals surface area contributed by atoms with Crippen molar-refractivity contribution in [2.24, 2.45) is 5.41 Å². The van der Waals surface area contributed by atoms with Gasteiger partial charge in [0, 0.05) is 17.4 Å². The minimum absolute atomic E-state index is 0.0497. The van der Waals surface area contributed by atoms with Crippen molar-refractivity contribution in [1.82, 2.24) is 14.5 Å². The predicted molar refractivity (Wildman–Crippen MR) is 165 cm³/mol. The topological polar surface area (TPSA) is 73.7 Å². The fraction of sp³-hybridized carbons (Fsp3) is 0.516. The number of aryl methyl sites for hydroxylation is 1. The number of likely N-dealkylation sites (tertiary alicyclic amines) is 1. The Morgan fingerprint density at radius 3 is 2.55 bits per heavy atom. The second-order valence-corrected chi connectivity index (χ2v) is 17.6. The molecule has 9 heteroatoms. The summed E-state index contributed by atoms with van der Waals surface area (Å²) < 4.78 is 15.2. The standard InChI is InChI=1S/C31H42BrN3O4Si/c1-22-14-15-25-29(28(22)32)33-21-35(25)27(36)17-16-24-26(39-40(5,6)20-31(2,3)4)13-10-18-34(24)30(37)38-19-23-11-8-7-9-12-23/h7-9,11-12,14-15,21,24,26H,10,13,16-20H2,1-6H3/t24-,26+/m1/s1. The van der Waals surface area contributed by atoms with Gasteiger partial charge in [-0.15, -0.1) is 0 Å². The molecule has 2 atom stereocenters. The van der Waals surface area contributed by atoms with Gasteiger partial charge in [-0.05, 0) is 83.9 Å². The van der Waals surface area contributed by atoms with E-state index in [0.29, 0.717) is 13.0 Å². The molecule has 0 spiro atoms. The molecule has 7 nitrogen and oxygen atoms in total. The Kier molecular flexibility index (Phi) is 9.57. The van der Waals surface area contributed by atoms with Crippen LogP contribution in [0.15, 0.2) is 53.3 Å². The molecule has 4 rings (SSSR count). The Bertz CT molecular complexity index is 1340. The number of piperidine rings is 1. The minimum Gasteiger partial charge on any atom is -0.445 e. The van der Waals surface area contributed by atoms with E-state index in [9.17, 15) is 9.59 Å². The number of fused-ring (bicyclic) bond motifs is 1. The highest BCUT2D eigenvalue weighted by molar-refractivity contribution is 9.10. The van der Waals surface area contributed by atoms with Crippen LogP contribution in [-0.4, -0.2) is 53.5 Å². The van der Waals surface area contributed by atoms with Gasteiger partial charge in [-0.25, -0.2) is 9.78 Å². The lowest BCUT2D eigenvalue weighted by atomic mass is 9.95. The van der Waals surface area contributed by atoms with Crippen LogP contribution >= 0.6 is 15.9 Å². The first-order valence-corrected chi connectivity index (χ1v) is 18.1. The SMILES string of the molecule is Cc1ccc2c(ncn2C(=O)CC[C@@H]2[C@@H](O[Si](C)(C)CC(C)(C)C)CCCN2C(=O)OCc2ccccc2)c1Br. The molecule has 0 N–H and O–H groups in total. The fourth-order valence-corrected chi connectivity index (χ4v) is 10.2. The van der Waals surface area contributed by atoms with Gasteiger partial charge in [0.2, 0.25) is 5.91 Å². The van der Waals surface area contributed by atoms with Crippen molar-refractivity contribution in [3.05, 3.63) is 64.4 Å². The van der Waals surface area contributed by atoms with Crippen molar-refractivity contribution in [1.29, 1.82) is 0 Å². The van der Waals surface area contributed by atoms with Gasteiger partial charge in [-0.2, -0.15) is 0 Å². The Hall–Kier alpha value is -2.49. The van der Waals surface area contributed by atoms with E-state index in [1.54, 1.807) is 15.8 Å². The Morgan fingerprint density at radius 2 is 1.85 bits per heavy atom. The summed E-state index contributed by atoms with van der Waals surface area (Å²) >= 11 is 3.60. The quantitative estimate of drug-likeness (QED) is 0.237. The summed E-state index contributed by atoms with van der Waals surface area (Å²) in [7, 11) is -2.04. The normalized spacial score (nSPS) is 18.2. The first-order chi connectivity index (χ1) is 18.8. The lowest BCUT2D eigenvalue weighted by Crippen LogP contribution is -2.55. The number of carbonyl (C=O) groups is 2. The number of ether oxygens (including phenoxy) is 1. The van der Waals surface area contributed by atoms with E-state index >= 15 is 0 Å². The zero-order valence-electron chi connectivity index (χ0n) is 24.6. The summed E-state index contributed by atoms with van der Waals surface area (Å²) in [5.74, 6) is -0.0497. The monoisotopic (exact) mass is 627 g/mol. The zero-order valence-corrected chi connectivity index (χ0v) is 27.2. The lowest BCUT2D eigenvalue weighted by Gasteiger charge is -2.44. The summed E-state index contributed by atoms with van der Waals surface area (Å²) in [5, 5.41) is 0. The minimum atomic E-state index is -2.04. The van der Waals surface area contributed by atoms with Crippen LogP contribution in [0, 0.1) is 12.3 Å². The molecule has 0 unspecified atom stereocenters. The summed E-state index contributed by atoms with van der Waals surface area (Å²) in [6.45, 7) is 14.0. The maximum atomic E-state index is 13.5. The van der Waals surface area contributed by atoms with Crippen molar-refractivity contribution in [3.63, 3.8) is 0 Å². The van der Waals surface area contributed by atoms with Gasteiger partial charge in [0.15, 0.2) is 8.32 Å². The number of carbonyl (C=O) groups excluding carboxylic acids is 2. The summed E-state index contributed by atoms with van der Waals surface area (Å²) in [6.07, 6.45) is 3.58. The second-order valence-electron chi connectivity index (χ2n) is 12.7. The number of rotatable bonds is 8. The largest absolute Gasteiger partial charge is 0.445 e. The van der Waals surface area contributed by atoms with Gasteiger partial charge in [-0.3, -0.25) is 9.36 Å². The maximum Gasteiger partial charge on any atom is 0.410 e. The summed E-state index contributed by atoms with van der Waals surface area (Å²) in [4.78, 5) is 33.1. The van der Waals surface area contributed by atoms with E-state index in [0.717, 1.165) is 45.5 Å². The smallest absolute Gasteiger partial charge is 0.410 e. The van der Waals surface area contributed by atoms with E-state index in [4.69, 9.17) is 9.16 Å². The lowest BCUT2D eigenvalue weighted by molar-refractivity contribution is 0.00641. The van der Waals surface area contributed by atoms with Crippen LogP contribution in [0.4, 0.5) is 4.79 Å². The molecule has 3 aromatic rings. The number of nitrogens with zero attached hydrogens (tertiary/aromatic N) is 3. The number of hydrogen-bond donors (Lipinski definition) is 0. The van der Waals surface area contributed by atoms with Crippen molar-refractivity contribution < 1.29 is 18.8 Å². The highest BCUT2D eigenvalue weighted by Gasteiger charge is 2.40. The van der Waals surface area contributed by atoms with Gasteiger partial charge < -0.3 is 14.1 Å². The number of amides is 1. The molecular formula is C31H42BrN3O4Si. The molecule has 2 heterocycles.